The van der Waals surface area contributed by atoms with Crippen LogP contribution in [0, 0.1) is 0 Å². The minimum Gasteiger partial charge on any atom is -0.497 e. The lowest BCUT2D eigenvalue weighted by molar-refractivity contribution is -0.118. The van der Waals surface area contributed by atoms with Crippen molar-refractivity contribution >= 4 is 24.0 Å². The maximum Gasteiger partial charge on any atom is 0.228 e. The second kappa shape index (κ2) is 6.46. The summed E-state index contributed by atoms with van der Waals surface area (Å²) in [5, 5.41) is 3.39. The fourth-order valence-electron chi connectivity index (χ4n) is 3.02. The first-order valence-electron chi connectivity index (χ1n) is 6.98. The molecule has 1 fully saturated rings. The van der Waals surface area contributed by atoms with Crippen LogP contribution in [0.15, 0.2) is 18.2 Å². The van der Waals surface area contributed by atoms with Gasteiger partial charge in [0.15, 0.2) is 0 Å². The van der Waals surface area contributed by atoms with Gasteiger partial charge in [-0.05, 0) is 49.6 Å². The number of fused-ring (bicyclic) bond motifs is 1. The number of amides is 1. The predicted molar refractivity (Wildman–Crippen MR) is 81.9 cm³/mol. The summed E-state index contributed by atoms with van der Waals surface area (Å²) in [6, 6.07) is 6.34. The second-order valence-electron chi connectivity index (χ2n) is 5.29. The van der Waals surface area contributed by atoms with Gasteiger partial charge in [0.05, 0.1) is 7.11 Å². The molecule has 2 heterocycles. The Kier molecular flexibility index (Phi) is 4.89. The number of benzene rings is 1. The van der Waals surface area contributed by atoms with E-state index in [1.807, 2.05) is 23.1 Å². The van der Waals surface area contributed by atoms with Crippen molar-refractivity contribution in [1.82, 2.24) is 5.32 Å². The molecule has 110 valence electrons. The van der Waals surface area contributed by atoms with Gasteiger partial charge in [0.2, 0.25) is 5.91 Å². The molecule has 3 rings (SSSR count). The van der Waals surface area contributed by atoms with E-state index in [-0.39, 0.29) is 18.3 Å². The van der Waals surface area contributed by atoms with Gasteiger partial charge < -0.3 is 15.0 Å². The number of carbonyl (C=O) groups excluding carboxylic acids is 1. The van der Waals surface area contributed by atoms with Gasteiger partial charge in [0, 0.05) is 24.7 Å². The zero-order chi connectivity index (χ0) is 13.2. The Labute approximate surface area is 125 Å². The van der Waals surface area contributed by atoms with Gasteiger partial charge in [-0.15, -0.1) is 12.4 Å². The fourth-order valence-corrected chi connectivity index (χ4v) is 3.02. The molecule has 0 saturated carbocycles. The fraction of sp³-hybridized carbons (Fsp3) is 0.533. The summed E-state index contributed by atoms with van der Waals surface area (Å²) >= 11 is 0. The number of carbonyl (C=O) groups is 1. The lowest BCUT2D eigenvalue weighted by Crippen LogP contribution is -2.34. The van der Waals surface area contributed by atoms with E-state index in [0.717, 1.165) is 37.4 Å². The van der Waals surface area contributed by atoms with Crippen LogP contribution < -0.4 is 15.0 Å². The molecule has 1 amide bonds. The molecule has 1 saturated heterocycles. The SMILES string of the molecule is COc1ccc2c(c1)CCN2C(=O)CC1CCCN1.Cl. The summed E-state index contributed by atoms with van der Waals surface area (Å²) < 4.78 is 5.23. The topological polar surface area (TPSA) is 41.6 Å². The van der Waals surface area contributed by atoms with Crippen molar-refractivity contribution in [2.24, 2.45) is 0 Å². The maximum absolute atomic E-state index is 12.4. The van der Waals surface area contributed by atoms with Crippen LogP contribution >= 0.6 is 12.4 Å². The van der Waals surface area contributed by atoms with Crippen LogP contribution in [0.2, 0.25) is 0 Å². The quantitative estimate of drug-likeness (QED) is 0.929. The van der Waals surface area contributed by atoms with E-state index in [2.05, 4.69) is 5.32 Å². The molecule has 5 heteroatoms. The zero-order valence-electron chi connectivity index (χ0n) is 11.7. The monoisotopic (exact) mass is 296 g/mol. The van der Waals surface area contributed by atoms with E-state index >= 15 is 0 Å². The number of rotatable bonds is 3. The van der Waals surface area contributed by atoms with Gasteiger partial charge >= 0.3 is 0 Å². The number of hydrogen-bond donors (Lipinski definition) is 1. The first-order chi connectivity index (χ1) is 9.28. The molecule has 4 nitrogen and oxygen atoms in total. The first-order valence-corrected chi connectivity index (χ1v) is 6.98. The van der Waals surface area contributed by atoms with Crippen molar-refractivity contribution in [1.29, 1.82) is 0 Å². The van der Waals surface area contributed by atoms with Crippen LogP contribution in [0.25, 0.3) is 0 Å². The summed E-state index contributed by atoms with van der Waals surface area (Å²) in [6.45, 7) is 1.85. The number of nitrogens with one attached hydrogen (secondary N) is 1. The summed E-state index contributed by atoms with van der Waals surface area (Å²) in [5.74, 6) is 1.11. The number of ether oxygens (including phenoxy) is 1. The van der Waals surface area contributed by atoms with Crippen molar-refractivity contribution in [3.05, 3.63) is 23.8 Å². The van der Waals surface area contributed by atoms with E-state index in [4.69, 9.17) is 4.74 Å². The zero-order valence-corrected chi connectivity index (χ0v) is 12.5. The third-order valence-electron chi connectivity index (χ3n) is 4.07. The Balaban J connectivity index is 0.00000147. The highest BCUT2D eigenvalue weighted by Gasteiger charge is 2.27. The molecule has 0 spiro atoms. The van der Waals surface area contributed by atoms with Crippen LogP contribution in [0.3, 0.4) is 0 Å². The summed E-state index contributed by atoms with van der Waals surface area (Å²) in [6.07, 6.45) is 3.85. The third-order valence-corrected chi connectivity index (χ3v) is 4.07. The molecule has 1 unspecified atom stereocenters. The van der Waals surface area contributed by atoms with Gasteiger partial charge in [-0.2, -0.15) is 0 Å². The molecular formula is C15H21ClN2O2. The number of methoxy groups -OCH3 is 1. The Morgan fingerprint density at radius 2 is 2.35 bits per heavy atom. The Hall–Kier alpha value is -1.26. The minimum absolute atomic E-state index is 0. The standard InChI is InChI=1S/C15H20N2O2.ClH/c1-19-13-4-5-14-11(9-13)6-8-17(14)15(18)10-12-3-2-7-16-12;/h4-5,9,12,16H,2-3,6-8,10H2,1H3;1H. The molecule has 0 bridgehead atoms. The molecule has 1 aromatic carbocycles. The summed E-state index contributed by atoms with van der Waals surface area (Å²) in [7, 11) is 1.67. The second-order valence-corrected chi connectivity index (χ2v) is 5.29. The van der Waals surface area contributed by atoms with Crippen LogP contribution in [0.5, 0.6) is 5.75 Å². The van der Waals surface area contributed by atoms with Crippen molar-refractivity contribution in [3.8, 4) is 5.75 Å². The number of nitrogens with zero attached hydrogens (tertiary/aromatic N) is 1. The van der Waals surface area contributed by atoms with Crippen LogP contribution in [-0.2, 0) is 11.2 Å². The maximum atomic E-state index is 12.4. The number of hydrogen-bond acceptors (Lipinski definition) is 3. The summed E-state index contributed by atoms with van der Waals surface area (Å²) in [5.41, 5.74) is 2.27. The van der Waals surface area contributed by atoms with E-state index in [1.54, 1.807) is 7.11 Å². The number of anilines is 1. The lowest BCUT2D eigenvalue weighted by atomic mass is 10.1. The van der Waals surface area contributed by atoms with Crippen LogP contribution in [0.1, 0.15) is 24.8 Å². The average molecular weight is 297 g/mol. The van der Waals surface area contributed by atoms with Gasteiger partial charge in [-0.1, -0.05) is 0 Å². The first kappa shape index (κ1) is 15.1. The summed E-state index contributed by atoms with van der Waals surface area (Å²) in [4.78, 5) is 14.3. The van der Waals surface area contributed by atoms with Crippen molar-refractivity contribution < 1.29 is 9.53 Å². The third kappa shape index (κ3) is 2.91. The van der Waals surface area contributed by atoms with Crippen LogP contribution in [0.4, 0.5) is 5.69 Å². The molecule has 1 atom stereocenters. The lowest BCUT2D eigenvalue weighted by Gasteiger charge is -2.19. The molecule has 0 aliphatic carbocycles. The van der Waals surface area contributed by atoms with Gasteiger partial charge in [-0.25, -0.2) is 0 Å². The minimum atomic E-state index is 0. The molecule has 1 aromatic rings. The smallest absolute Gasteiger partial charge is 0.228 e. The average Bonchev–Trinajstić information content (AvgIpc) is 3.06. The van der Waals surface area contributed by atoms with Crippen LogP contribution in [-0.4, -0.2) is 32.1 Å². The molecule has 0 radical (unpaired) electrons. The Morgan fingerprint density at radius 3 is 3.05 bits per heavy atom. The highest BCUT2D eigenvalue weighted by molar-refractivity contribution is 5.95. The number of halogens is 1. The van der Waals surface area contributed by atoms with Gasteiger partial charge in [0.25, 0.3) is 0 Å². The van der Waals surface area contributed by atoms with Crippen molar-refractivity contribution in [2.75, 3.05) is 25.1 Å². The highest BCUT2D eigenvalue weighted by atomic mass is 35.5. The predicted octanol–water partition coefficient (Wildman–Crippen LogP) is 2.15. The van der Waals surface area contributed by atoms with Gasteiger partial charge in [0.1, 0.15) is 5.75 Å². The normalized spacial score (nSPS) is 20.4. The molecule has 0 aromatic heterocycles. The van der Waals surface area contributed by atoms with Gasteiger partial charge in [-0.3, -0.25) is 4.79 Å². The van der Waals surface area contributed by atoms with E-state index in [9.17, 15) is 4.79 Å². The van der Waals surface area contributed by atoms with E-state index in [1.165, 1.54) is 12.0 Å². The molecule has 20 heavy (non-hydrogen) atoms. The molecular weight excluding hydrogens is 276 g/mol. The highest BCUT2D eigenvalue weighted by Crippen LogP contribution is 2.32. The molecule has 2 aliphatic rings. The largest absolute Gasteiger partial charge is 0.497 e. The Bertz CT molecular complexity index is 487. The molecule has 2 aliphatic heterocycles. The molecule has 1 N–H and O–H groups in total. The van der Waals surface area contributed by atoms with Crippen molar-refractivity contribution in [2.45, 2.75) is 31.7 Å². The Morgan fingerprint density at radius 1 is 1.50 bits per heavy atom. The van der Waals surface area contributed by atoms with E-state index < -0.39 is 0 Å². The van der Waals surface area contributed by atoms with Crippen molar-refractivity contribution in [3.63, 3.8) is 0 Å². The van der Waals surface area contributed by atoms with E-state index in [0.29, 0.717) is 12.5 Å².